The first-order valence-electron chi connectivity index (χ1n) is 6.08. The minimum absolute atomic E-state index is 0.0203. The van der Waals surface area contributed by atoms with E-state index >= 15 is 0 Å². The van der Waals surface area contributed by atoms with Gasteiger partial charge in [-0.3, -0.25) is 4.84 Å². The van der Waals surface area contributed by atoms with E-state index in [-0.39, 0.29) is 10.3 Å². The minimum Gasteiger partial charge on any atom is -0.284 e. The molecule has 0 saturated carbocycles. The third-order valence-electron chi connectivity index (χ3n) is 3.01. The normalized spacial score (nSPS) is 18.2. The second-order valence-electron chi connectivity index (χ2n) is 5.49. The van der Waals surface area contributed by atoms with E-state index in [2.05, 4.69) is 20.8 Å². The third-order valence-corrected chi connectivity index (χ3v) is 4.70. The Morgan fingerprint density at radius 3 is 2.22 bits per heavy atom. The third kappa shape index (κ3) is 2.58. The number of rotatable bonds is 2. The van der Waals surface area contributed by atoms with Crippen LogP contribution in [-0.4, -0.2) is 26.0 Å². The second-order valence-corrected chi connectivity index (χ2v) is 7.32. The second kappa shape index (κ2) is 4.64. The highest BCUT2D eigenvalue weighted by Crippen LogP contribution is 2.25. The van der Waals surface area contributed by atoms with Gasteiger partial charge in [0, 0.05) is 6.54 Å². The zero-order valence-corrected chi connectivity index (χ0v) is 11.8. The lowest BCUT2D eigenvalue weighted by Crippen LogP contribution is -2.26. The van der Waals surface area contributed by atoms with E-state index in [1.165, 1.54) is 0 Å². The van der Waals surface area contributed by atoms with Gasteiger partial charge in [-0.2, -0.15) is 0 Å². The average Bonchev–Trinajstić information content (AvgIpc) is 2.82. The van der Waals surface area contributed by atoms with Crippen molar-refractivity contribution in [3.63, 3.8) is 0 Å². The van der Waals surface area contributed by atoms with E-state index in [9.17, 15) is 8.42 Å². The maximum absolute atomic E-state index is 12.2. The molecule has 0 unspecified atom stereocenters. The Morgan fingerprint density at radius 2 is 1.78 bits per heavy atom. The number of hydroxylamine groups is 1. The number of hydrogen-bond donors (Lipinski definition) is 0. The average molecular weight is 269 g/mol. The quantitative estimate of drug-likeness (QED) is 0.827. The van der Waals surface area contributed by atoms with Crippen LogP contribution >= 0.6 is 0 Å². The zero-order chi connectivity index (χ0) is 13.4. The number of benzene rings is 1. The molecule has 1 heterocycles. The molecule has 0 spiro atoms. The lowest BCUT2D eigenvalue weighted by atomic mass is 9.87. The molecule has 0 amide bonds. The van der Waals surface area contributed by atoms with Crippen LogP contribution in [0.2, 0.25) is 0 Å². The van der Waals surface area contributed by atoms with E-state index in [0.29, 0.717) is 13.2 Å². The van der Waals surface area contributed by atoms with Crippen molar-refractivity contribution >= 4 is 10.0 Å². The van der Waals surface area contributed by atoms with Gasteiger partial charge in [-0.25, -0.2) is 8.42 Å². The summed E-state index contributed by atoms with van der Waals surface area (Å²) >= 11 is 0. The molecule has 1 saturated heterocycles. The fraction of sp³-hybridized carbons (Fsp3) is 0.538. The van der Waals surface area contributed by atoms with Crippen molar-refractivity contribution in [3.8, 4) is 0 Å². The van der Waals surface area contributed by atoms with Gasteiger partial charge in [0.05, 0.1) is 11.5 Å². The summed E-state index contributed by atoms with van der Waals surface area (Å²) in [6.07, 6.45) is 0.749. The molecule has 1 aromatic carbocycles. The van der Waals surface area contributed by atoms with E-state index < -0.39 is 10.0 Å². The summed E-state index contributed by atoms with van der Waals surface area (Å²) in [4.78, 5) is 5.40. The summed E-state index contributed by atoms with van der Waals surface area (Å²) in [5, 5.41) is 0. The molecule has 0 atom stereocenters. The monoisotopic (exact) mass is 269 g/mol. The van der Waals surface area contributed by atoms with Crippen molar-refractivity contribution in [1.82, 2.24) is 4.47 Å². The van der Waals surface area contributed by atoms with Crippen molar-refractivity contribution in [2.45, 2.75) is 37.5 Å². The van der Waals surface area contributed by atoms with E-state index in [0.717, 1.165) is 16.5 Å². The summed E-state index contributed by atoms with van der Waals surface area (Å²) in [6, 6.07) is 7.03. The van der Waals surface area contributed by atoms with Crippen LogP contribution in [0.1, 0.15) is 32.8 Å². The van der Waals surface area contributed by atoms with Gasteiger partial charge < -0.3 is 0 Å². The summed E-state index contributed by atoms with van der Waals surface area (Å²) in [5.41, 5.74) is 1.13. The van der Waals surface area contributed by atoms with Crippen LogP contribution in [0.3, 0.4) is 0 Å². The van der Waals surface area contributed by atoms with Crippen LogP contribution < -0.4 is 0 Å². The van der Waals surface area contributed by atoms with Crippen LogP contribution in [0.5, 0.6) is 0 Å². The first kappa shape index (κ1) is 13.5. The summed E-state index contributed by atoms with van der Waals surface area (Å²) < 4.78 is 25.5. The largest absolute Gasteiger partial charge is 0.284 e. The van der Waals surface area contributed by atoms with Crippen LogP contribution in [0.4, 0.5) is 0 Å². The maximum Gasteiger partial charge on any atom is 0.265 e. The molecule has 1 aromatic rings. The fourth-order valence-corrected chi connectivity index (χ4v) is 3.16. The lowest BCUT2D eigenvalue weighted by molar-refractivity contribution is -0.0284. The summed E-state index contributed by atoms with van der Waals surface area (Å²) in [6.45, 7) is 7.20. The first-order chi connectivity index (χ1) is 8.32. The topological polar surface area (TPSA) is 46.6 Å². The number of nitrogens with zero attached hydrogens (tertiary/aromatic N) is 1. The molecule has 5 heteroatoms. The predicted octanol–water partition coefficient (Wildman–Crippen LogP) is 2.31. The van der Waals surface area contributed by atoms with Gasteiger partial charge in [-0.1, -0.05) is 37.4 Å². The Kier molecular flexibility index (Phi) is 3.49. The molecule has 18 heavy (non-hydrogen) atoms. The Balaban J connectivity index is 2.29. The van der Waals surface area contributed by atoms with E-state index in [1.807, 2.05) is 12.1 Å². The van der Waals surface area contributed by atoms with Gasteiger partial charge in [0.25, 0.3) is 10.0 Å². The van der Waals surface area contributed by atoms with Gasteiger partial charge in [0.2, 0.25) is 0 Å². The van der Waals surface area contributed by atoms with Crippen LogP contribution in [-0.2, 0) is 20.3 Å². The lowest BCUT2D eigenvalue weighted by Gasteiger charge is -2.20. The van der Waals surface area contributed by atoms with Crippen molar-refractivity contribution in [2.24, 2.45) is 0 Å². The Hall–Kier alpha value is -0.910. The van der Waals surface area contributed by atoms with Gasteiger partial charge in [0.15, 0.2) is 0 Å². The summed E-state index contributed by atoms with van der Waals surface area (Å²) in [5.74, 6) is 0. The van der Waals surface area contributed by atoms with Crippen LogP contribution in [0, 0.1) is 0 Å². The SMILES string of the molecule is CC(C)(C)c1ccc(S(=O)(=O)N2CCCO2)cc1. The molecular formula is C13H19NO3S. The van der Waals surface area contributed by atoms with Crippen molar-refractivity contribution in [1.29, 1.82) is 0 Å². The fourth-order valence-electron chi connectivity index (χ4n) is 1.86. The van der Waals surface area contributed by atoms with Crippen molar-refractivity contribution in [2.75, 3.05) is 13.2 Å². The van der Waals surface area contributed by atoms with Crippen LogP contribution in [0.15, 0.2) is 29.2 Å². The molecule has 0 aromatic heterocycles. The molecule has 0 N–H and O–H groups in total. The van der Waals surface area contributed by atoms with E-state index in [4.69, 9.17) is 4.84 Å². The van der Waals surface area contributed by atoms with Gasteiger partial charge in [-0.15, -0.1) is 0 Å². The van der Waals surface area contributed by atoms with Gasteiger partial charge in [0.1, 0.15) is 0 Å². The predicted molar refractivity (Wildman–Crippen MR) is 69.6 cm³/mol. The highest BCUT2D eigenvalue weighted by Gasteiger charge is 2.28. The maximum atomic E-state index is 12.2. The molecule has 0 aliphatic carbocycles. The molecule has 0 radical (unpaired) electrons. The zero-order valence-electron chi connectivity index (χ0n) is 11.0. The minimum atomic E-state index is -3.49. The molecule has 1 fully saturated rings. The molecule has 2 rings (SSSR count). The molecule has 1 aliphatic rings. The Bertz CT molecular complexity index is 508. The molecule has 1 aliphatic heterocycles. The molecular weight excluding hydrogens is 250 g/mol. The molecule has 0 bridgehead atoms. The Morgan fingerprint density at radius 1 is 1.17 bits per heavy atom. The standard InChI is InChI=1S/C13H19NO3S/c1-13(2,3)11-5-7-12(8-6-11)18(15,16)14-9-4-10-17-14/h5-8H,4,9-10H2,1-3H3. The van der Waals surface area contributed by atoms with Gasteiger partial charge >= 0.3 is 0 Å². The van der Waals surface area contributed by atoms with E-state index in [1.54, 1.807) is 12.1 Å². The highest BCUT2D eigenvalue weighted by molar-refractivity contribution is 7.89. The number of sulfonamides is 1. The first-order valence-corrected chi connectivity index (χ1v) is 7.52. The van der Waals surface area contributed by atoms with Crippen molar-refractivity contribution < 1.29 is 13.3 Å². The van der Waals surface area contributed by atoms with Crippen LogP contribution in [0.25, 0.3) is 0 Å². The highest BCUT2D eigenvalue weighted by atomic mass is 32.2. The Labute approximate surface area is 109 Å². The number of hydrogen-bond acceptors (Lipinski definition) is 3. The molecule has 100 valence electrons. The van der Waals surface area contributed by atoms with Gasteiger partial charge in [-0.05, 0) is 29.5 Å². The summed E-state index contributed by atoms with van der Waals surface area (Å²) in [7, 11) is -3.49. The van der Waals surface area contributed by atoms with Crippen molar-refractivity contribution in [3.05, 3.63) is 29.8 Å². The molecule has 4 nitrogen and oxygen atoms in total. The smallest absolute Gasteiger partial charge is 0.265 e.